The number of aliphatic hydroxyl groups is 1. The fraction of sp³-hybridized carbons (Fsp3) is 0.478. The molecule has 1 aliphatic carbocycles. The van der Waals surface area contributed by atoms with Crippen molar-refractivity contribution in [1.29, 1.82) is 0 Å². The van der Waals surface area contributed by atoms with E-state index in [1.165, 1.54) is 11.1 Å². The largest absolute Gasteiger partial charge is 0.385 e. The summed E-state index contributed by atoms with van der Waals surface area (Å²) >= 11 is 0. The Morgan fingerprint density at radius 1 is 1.08 bits per heavy atom. The highest BCUT2D eigenvalue weighted by Crippen LogP contribution is 2.45. The van der Waals surface area contributed by atoms with Gasteiger partial charge in [0.25, 0.3) is 0 Å². The van der Waals surface area contributed by atoms with Gasteiger partial charge in [-0.2, -0.15) is 0 Å². The average molecular weight is 338 g/mol. The second-order valence-corrected chi connectivity index (χ2v) is 8.08. The summed E-state index contributed by atoms with van der Waals surface area (Å²) in [5, 5.41) is 11.6. The molecule has 1 aliphatic rings. The maximum Gasteiger partial charge on any atom is 0.0937 e. The van der Waals surface area contributed by atoms with Crippen LogP contribution in [0.1, 0.15) is 36.0 Å². The summed E-state index contributed by atoms with van der Waals surface area (Å²) in [7, 11) is 4.22. The lowest BCUT2D eigenvalue weighted by Crippen LogP contribution is -2.45. The molecule has 3 rings (SSSR count). The maximum absolute atomic E-state index is 11.6. The first kappa shape index (κ1) is 18.2. The molecule has 2 heteroatoms. The molecule has 0 heterocycles. The van der Waals surface area contributed by atoms with Gasteiger partial charge in [-0.05, 0) is 63.7 Å². The van der Waals surface area contributed by atoms with Gasteiger partial charge in [-0.25, -0.2) is 0 Å². The summed E-state index contributed by atoms with van der Waals surface area (Å²) in [6.45, 7) is 3.03. The number of hydrogen-bond donors (Lipinski definition) is 1. The Bertz CT molecular complexity index is 682. The van der Waals surface area contributed by atoms with Crippen molar-refractivity contribution < 1.29 is 5.11 Å². The Labute approximate surface area is 152 Å². The molecule has 1 N–H and O–H groups in total. The molecule has 0 spiro atoms. The molecular formula is C23H31NO. The Kier molecular flexibility index (Phi) is 5.61. The molecule has 0 radical (unpaired) electrons. The quantitative estimate of drug-likeness (QED) is 0.874. The van der Waals surface area contributed by atoms with Crippen molar-refractivity contribution in [3.05, 3.63) is 71.3 Å². The number of rotatable bonds is 5. The second-order valence-electron chi connectivity index (χ2n) is 8.08. The predicted octanol–water partition coefficient (Wildman–Crippen LogP) is 4.40. The van der Waals surface area contributed by atoms with Crippen LogP contribution in [0.2, 0.25) is 0 Å². The zero-order valence-electron chi connectivity index (χ0n) is 15.8. The van der Waals surface area contributed by atoms with Gasteiger partial charge in [-0.3, -0.25) is 0 Å². The van der Waals surface area contributed by atoms with Crippen LogP contribution >= 0.6 is 0 Å². The molecule has 1 saturated carbocycles. The highest BCUT2D eigenvalue weighted by molar-refractivity contribution is 5.29. The minimum atomic E-state index is -0.705. The molecule has 3 unspecified atom stereocenters. The van der Waals surface area contributed by atoms with Crippen LogP contribution < -0.4 is 0 Å². The van der Waals surface area contributed by atoms with E-state index in [0.717, 1.165) is 37.8 Å². The topological polar surface area (TPSA) is 23.5 Å². The molecule has 2 nitrogen and oxygen atoms in total. The van der Waals surface area contributed by atoms with E-state index in [1.807, 2.05) is 0 Å². The van der Waals surface area contributed by atoms with E-state index < -0.39 is 5.60 Å². The predicted molar refractivity (Wildman–Crippen MR) is 105 cm³/mol. The number of benzene rings is 2. The van der Waals surface area contributed by atoms with Crippen molar-refractivity contribution in [3.8, 4) is 0 Å². The standard InChI is InChI=1S/C23H31NO/c1-18-8-7-11-21(14-18)23(25)13-12-20(16-22(23)17-24(2)3)15-19-9-5-4-6-10-19/h4-11,14,20,22,25H,12-13,15-17H2,1-3H3. The summed E-state index contributed by atoms with van der Waals surface area (Å²) in [6, 6.07) is 19.2. The first-order valence-corrected chi connectivity index (χ1v) is 9.45. The molecule has 0 bridgehead atoms. The van der Waals surface area contributed by atoms with E-state index >= 15 is 0 Å². The van der Waals surface area contributed by atoms with Crippen LogP contribution in [0.3, 0.4) is 0 Å². The van der Waals surface area contributed by atoms with Crippen LogP contribution in [0.15, 0.2) is 54.6 Å². The van der Waals surface area contributed by atoms with E-state index in [-0.39, 0.29) is 5.92 Å². The number of hydrogen-bond acceptors (Lipinski definition) is 2. The lowest BCUT2D eigenvalue weighted by atomic mass is 9.66. The Balaban J connectivity index is 1.81. The van der Waals surface area contributed by atoms with Gasteiger partial charge in [-0.15, -0.1) is 0 Å². The van der Waals surface area contributed by atoms with Gasteiger partial charge in [0.2, 0.25) is 0 Å². The van der Waals surface area contributed by atoms with Crippen LogP contribution in [0.4, 0.5) is 0 Å². The Morgan fingerprint density at radius 3 is 2.52 bits per heavy atom. The van der Waals surface area contributed by atoms with Crippen LogP contribution in [0.25, 0.3) is 0 Å². The molecule has 2 aromatic carbocycles. The van der Waals surface area contributed by atoms with Crippen molar-refractivity contribution >= 4 is 0 Å². The summed E-state index contributed by atoms with van der Waals surface area (Å²) in [5.74, 6) is 0.921. The van der Waals surface area contributed by atoms with Crippen molar-refractivity contribution in [1.82, 2.24) is 4.90 Å². The highest BCUT2D eigenvalue weighted by Gasteiger charge is 2.43. The molecule has 3 atom stereocenters. The second kappa shape index (κ2) is 7.72. The van der Waals surface area contributed by atoms with Crippen LogP contribution in [0, 0.1) is 18.8 Å². The van der Waals surface area contributed by atoms with Crippen LogP contribution in [0.5, 0.6) is 0 Å². The lowest BCUT2D eigenvalue weighted by Gasteiger charge is -2.45. The van der Waals surface area contributed by atoms with E-state index in [2.05, 4.69) is 80.5 Å². The highest BCUT2D eigenvalue weighted by atomic mass is 16.3. The van der Waals surface area contributed by atoms with Crippen molar-refractivity contribution in [3.63, 3.8) is 0 Å². The first-order valence-electron chi connectivity index (χ1n) is 9.45. The fourth-order valence-electron chi connectivity index (χ4n) is 4.44. The first-order chi connectivity index (χ1) is 12.0. The smallest absolute Gasteiger partial charge is 0.0937 e. The molecule has 25 heavy (non-hydrogen) atoms. The van der Waals surface area contributed by atoms with E-state index in [0.29, 0.717) is 5.92 Å². The Hall–Kier alpha value is -1.64. The zero-order chi connectivity index (χ0) is 17.9. The van der Waals surface area contributed by atoms with Gasteiger partial charge in [-0.1, -0.05) is 60.2 Å². The molecule has 0 aromatic heterocycles. The minimum Gasteiger partial charge on any atom is -0.385 e. The molecule has 0 aliphatic heterocycles. The molecular weight excluding hydrogens is 306 g/mol. The SMILES string of the molecule is Cc1cccc(C2(O)CCC(Cc3ccccc3)CC2CN(C)C)c1. The summed E-state index contributed by atoms with van der Waals surface area (Å²) < 4.78 is 0. The van der Waals surface area contributed by atoms with Gasteiger partial charge in [0.05, 0.1) is 5.60 Å². The van der Waals surface area contributed by atoms with Crippen molar-refractivity contribution in [2.45, 2.75) is 38.2 Å². The van der Waals surface area contributed by atoms with Gasteiger partial charge >= 0.3 is 0 Å². The lowest BCUT2D eigenvalue weighted by molar-refractivity contribution is -0.0752. The van der Waals surface area contributed by atoms with E-state index in [1.54, 1.807) is 0 Å². The fourth-order valence-corrected chi connectivity index (χ4v) is 4.44. The monoisotopic (exact) mass is 337 g/mol. The van der Waals surface area contributed by atoms with Gasteiger partial charge in [0, 0.05) is 12.5 Å². The third-order valence-electron chi connectivity index (χ3n) is 5.70. The summed E-state index contributed by atoms with van der Waals surface area (Å²) in [5.41, 5.74) is 3.03. The molecule has 0 saturated heterocycles. The van der Waals surface area contributed by atoms with Gasteiger partial charge < -0.3 is 10.0 Å². The molecule has 1 fully saturated rings. The molecule has 134 valence electrons. The third kappa shape index (κ3) is 4.31. The van der Waals surface area contributed by atoms with Crippen molar-refractivity contribution in [2.24, 2.45) is 11.8 Å². The van der Waals surface area contributed by atoms with E-state index in [9.17, 15) is 5.11 Å². The van der Waals surface area contributed by atoms with Gasteiger partial charge in [0.15, 0.2) is 0 Å². The number of aryl methyl sites for hydroxylation is 1. The normalized spacial score (nSPS) is 26.8. The summed E-state index contributed by atoms with van der Waals surface area (Å²) in [6.07, 6.45) is 4.14. The third-order valence-corrected chi connectivity index (χ3v) is 5.70. The maximum atomic E-state index is 11.6. The van der Waals surface area contributed by atoms with Crippen LogP contribution in [-0.2, 0) is 12.0 Å². The zero-order valence-corrected chi connectivity index (χ0v) is 15.8. The molecule has 2 aromatic rings. The number of nitrogens with zero attached hydrogens (tertiary/aromatic N) is 1. The van der Waals surface area contributed by atoms with Crippen LogP contribution in [-0.4, -0.2) is 30.6 Å². The average Bonchev–Trinajstić information content (AvgIpc) is 2.58. The summed E-state index contributed by atoms with van der Waals surface area (Å²) in [4.78, 5) is 2.22. The van der Waals surface area contributed by atoms with Gasteiger partial charge in [0.1, 0.15) is 0 Å². The van der Waals surface area contributed by atoms with E-state index in [4.69, 9.17) is 0 Å². The Morgan fingerprint density at radius 2 is 1.84 bits per heavy atom. The van der Waals surface area contributed by atoms with Crippen molar-refractivity contribution in [2.75, 3.05) is 20.6 Å². The molecule has 0 amide bonds. The minimum absolute atomic E-state index is 0.270.